The molecule has 5 aromatic carbocycles. The van der Waals surface area contributed by atoms with E-state index < -0.39 is 10.8 Å². The number of halogens is 2. The summed E-state index contributed by atoms with van der Waals surface area (Å²) < 4.78 is 43.5. The maximum Gasteiger partial charge on any atom is 0.270 e. The molecular formula is C118H112F2N4O2S10. The number of hydrogen-bond donors (Lipinski definition) is 0. The van der Waals surface area contributed by atoms with E-state index in [4.69, 9.17) is 13.1 Å². The number of carbonyl (C=O) groups is 2. The molecule has 15 aromatic rings. The van der Waals surface area contributed by atoms with Crippen molar-refractivity contribution in [3.63, 3.8) is 0 Å². The summed E-state index contributed by atoms with van der Waals surface area (Å²) in [5.41, 5.74) is 15.6. The normalized spacial score (nSPS) is 15.7. The number of rotatable bonds is 40. The lowest BCUT2D eigenvalue weighted by molar-refractivity contribution is 0.103. The number of allylic oxidation sites excluding steroid dienone is 6. The summed E-state index contributed by atoms with van der Waals surface area (Å²) in [4.78, 5) is 49.0. The zero-order chi connectivity index (χ0) is 94.2. The van der Waals surface area contributed by atoms with E-state index in [2.05, 4.69) is 186 Å². The van der Waals surface area contributed by atoms with Crippen LogP contribution in [-0.2, 0) is 49.4 Å². The van der Waals surface area contributed by atoms with Gasteiger partial charge in [-0.3, -0.25) is 9.59 Å². The first-order valence-corrected chi connectivity index (χ1v) is 57.8. The Bertz CT molecular complexity index is 6830. The Hall–Kier alpha value is -9.74. The lowest BCUT2D eigenvalue weighted by atomic mass is 9.66. The molecule has 0 spiro atoms. The fraction of sp³-hybridized carbons (Fsp3) is 0.356. The van der Waals surface area contributed by atoms with Crippen molar-refractivity contribution in [2.24, 2.45) is 11.8 Å². The van der Waals surface area contributed by atoms with Crippen molar-refractivity contribution >= 4 is 187 Å². The van der Waals surface area contributed by atoms with E-state index in [0.29, 0.717) is 56.0 Å². The third-order valence-electron chi connectivity index (χ3n) is 29.1. The van der Waals surface area contributed by atoms with E-state index in [-0.39, 0.29) is 46.4 Å². The Morgan fingerprint density at radius 3 is 1.04 bits per heavy atom. The summed E-state index contributed by atoms with van der Waals surface area (Å²) >= 11 is 15.9. The number of ketones is 2. The highest BCUT2D eigenvalue weighted by Crippen LogP contribution is 2.72. The minimum absolute atomic E-state index is 0.121. The summed E-state index contributed by atoms with van der Waals surface area (Å²) in [5.74, 6) is -0.358. The maximum atomic E-state index is 18.9. The number of thiophene rings is 10. The second-order valence-corrected chi connectivity index (χ2v) is 48.0. The fourth-order valence-corrected chi connectivity index (χ4v) is 34.7. The van der Waals surface area contributed by atoms with E-state index in [0.717, 1.165) is 323 Å². The molecule has 2 atom stereocenters. The summed E-state index contributed by atoms with van der Waals surface area (Å²) in [6.45, 7) is 35.2. The number of unbranched alkanes of at least 4 members (excludes halogenated alkanes) is 14. The first-order valence-electron chi connectivity index (χ1n) is 49.5. The number of nitrogens with zero attached hydrogens (tertiary/aromatic N) is 4. The van der Waals surface area contributed by atoms with Crippen LogP contribution in [0.4, 0.5) is 8.78 Å². The van der Waals surface area contributed by atoms with Gasteiger partial charge in [0.1, 0.15) is 11.6 Å². The summed E-state index contributed by atoms with van der Waals surface area (Å²) in [6.07, 6.45) is 34.6. The molecule has 6 nitrogen and oxygen atoms in total. The van der Waals surface area contributed by atoms with Crippen LogP contribution in [0.5, 0.6) is 0 Å². The second-order valence-electron chi connectivity index (χ2n) is 37.6. The molecule has 0 amide bonds. The third-order valence-corrected chi connectivity index (χ3v) is 40.8. The van der Waals surface area contributed by atoms with Gasteiger partial charge >= 0.3 is 0 Å². The highest BCUT2D eigenvalue weighted by molar-refractivity contribution is 7.31. The third kappa shape index (κ3) is 16.9. The number of fused-ring (bicyclic) bond motifs is 16. The van der Waals surface area contributed by atoms with E-state index in [1.54, 1.807) is 68.0 Å². The smallest absolute Gasteiger partial charge is 0.270 e. The van der Waals surface area contributed by atoms with Gasteiger partial charge in [-0.1, -0.05) is 281 Å². The van der Waals surface area contributed by atoms with Crippen molar-refractivity contribution in [2.45, 2.75) is 259 Å². The van der Waals surface area contributed by atoms with Crippen molar-refractivity contribution in [1.82, 2.24) is 0 Å². The molecule has 0 N–H and O–H groups in total. The minimum atomic E-state index is -1.14. The van der Waals surface area contributed by atoms with E-state index in [1.807, 2.05) is 47.2 Å². The first kappa shape index (κ1) is 95.2. The van der Waals surface area contributed by atoms with Crippen molar-refractivity contribution in [2.75, 3.05) is 0 Å². The maximum absolute atomic E-state index is 18.9. The molecule has 18 heteroatoms. The van der Waals surface area contributed by atoms with Crippen molar-refractivity contribution in [1.29, 1.82) is 10.5 Å². The monoisotopic (exact) mass is 1970 g/mol. The summed E-state index contributed by atoms with van der Waals surface area (Å²) in [5, 5.41) is 28.1. The number of hydrogen-bond acceptors (Lipinski definition) is 14. The lowest BCUT2D eigenvalue weighted by Crippen LogP contribution is -2.29. The molecule has 0 radical (unpaired) electrons. The minimum Gasteiger partial charge on any atom is -0.288 e. The Morgan fingerprint density at radius 2 is 0.728 bits per heavy atom. The molecule has 0 bridgehead atoms. The van der Waals surface area contributed by atoms with Gasteiger partial charge in [-0.15, -0.1) is 113 Å². The van der Waals surface area contributed by atoms with Crippen LogP contribution in [-0.4, -0.2) is 11.6 Å². The Labute approximate surface area is 839 Å². The van der Waals surface area contributed by atoms with Crippen molar-refractivity contribution < 1.29 is 18.4 Å². The molecule has 2 unspecified atom stereocenters. The molecule has 0 saturated heterocycles. The molecular weight excluding hydrogens is 1860 g/mol. The van der Waals surface area contributed by atoms with Crippen LogP contribution in [0.15, 0.2) is 167 Å². The largest absolute Gasteiger partial charge is 0.288 e. The van der Waals surface area contributed by atoms with Crippen molar-refractivity contribution in [3.8, 4) is 52.5 Å². The molecule has 10 aromatic heterocycles. The van der Waals surface area contributed by atoms with Crippen molar-refractivity contribution in [3.05, 3.63) is 308 Å². The van der Waals surface area contributed by atoms with Crippen LogP contribution in [0.3, 0.4) is 0 Å². The van der Waals surface area contributed by atoms with Crippen LogP contribution < -0.4 is 0 Å². The molecule has 690 valence electrons. The second kappa shape index (κ2) is 41.4. The highest BCUT2D eigenvalue weighted by Gasteiger charge is 2.55. The van der Waals surface area contributed by atoms with E-state index >= 15 is 18.4 Å². The van der Waals surface area contributed by atoms with Gasteiger partial charge in [0.25, 0.3) is 11.4 Å². The van der Waals surface area contributed by atoms with Gasteiger partial charge in [0, 0.05) is 103 Å². The number of carbonyl (C=O) groups excluding carboxylic acids is 2. The topological polar surface area (TPSA) is 90.4 Å². The standard InChI is InChI=1S/C118H112F2N4O2S10/c1-11-19-25-29-35-71-39-47-75(48-40-71)117(76-49-41-72(42-50-76)36-30-26-20-12-2)83-63-79(61-81-95(87(67-121)123-9)101-109-89(55-57-127-109)133-113(101)105(81)125)129-107(83)115-103(117)99-97(93-65-85(119)91(131-93)59-69(17-7)33-23-15-5)112-100(98(111(99)135-115)94-66-86(120)92(132-94)60-70(18-8)34-24-16-6)104-116(136-112)108-84(64-80(130-108)62-82-96(88(68-122)124-10)102-110-90(56-58-128-110)134-114(102)106(82)126)118(104,77-51-43-73(44-52-77)37-31-27-21-13-3)78-53-45-74(46-54-78)38-32-28-22-14-4/h39-58,61-66,69-70H,11-38,59-60H2,1-8H3/b81-61-,82-62-,95-87-,96-88+. The van der Waals surface area contributed by atoms with Gasteiger partial charge in [0.2, 0.25) is 11.6 Å². The SMILES string of the molecule is [C-]#[N+]/C(C#N)=C1/C(=C/c2cc3c(s2)-c2sc4c(-c5cc(F)c(CC(CC)CCCC)s5)c5c6c(sc5c(-c5cc(F)c(CC(CC)CCCC)s5)c4c2C3(c2ccc(CCCCCC)cc2)c2ccc(CCCCCC)cc2)-c2sc(/C=C3\C(=O)c4sc5ccsc5c4\C3=C(/C#N)[N+]#[C-])cc2C6(c2ccc(CCCCCC)cc2)c2ccc(CCCCCC)cc2)C(=O)c2sc3ccsc3c21. The fourth-order valence-electron chi connectivity index (χ4n) is 22.0. The molecule has 4 aliphatic carbocycles. The van der Waals surface area contributed by atoms with Gasteiger partial charge in [-0.2, -0.15) is 0 Å². The number of Topliss-reactive ketones (excluding diaryl/α,β-unsaturated/α-hetero) is 2. The lowest BCUT2D eigenvalue weighted by Gasteiger charge is -2.35. The van der Waals surface area contributed by atoms with Crippen LogP contribution in [0.2, 0.25) is 0 Å². The van der Waals surface area contributed by atoms with Crippen LogP contribution in [0.25, 0.3) is 112 Å². The first-order chi connectivity index (χ1) is 66.6. The number of nitriles is 2. The quantitative estimate of drug-likeness (QED) is 0.0166. The summed E-state index contributed by atoms with van der Waals surface area (Å²) in [6, 6.07) is 54.8. The Balaban J connectivity index is 0.989. The van der Waals surface area contributed by atoms with Crippen LogP contribution in [0, 0.1) is 59.3 Å². The summed E-state index contributed by atoms with van der Waals surface area (Å²) in [7, 11) is 0. The van der Waals surface area contributed by atoms with Crippen LogP contribution in [0.1, 0.15) is 326 Å². The average molecular weight is 1980 g/mol. The van der Waals surface area contributed by atoms with Crippen LogP contribution >= 0.6 is 113 Å². The van der Waals surface area contributed by atoms with Gasteiger partial charge < -0.3 is 0 Å². The van der Waals surface area contributed by atoms with Gasteiger partial charge in [0.15, 0.2) is 0 Å². The van der Waals surface area contributed by atoms with Gasteiger partial charge in [-0.05, 0) is 202 Å². The zero-order valence-electron chi connectivity index (χ0n) is 78.8. The highest BCUT2D eigenvalue weighted by atomic mass is 32.1. The Morgan fingerprint density at radius 1 is 0.390 bits per heavy atom. The van der Waals surface area contributed by atoms with Gasteiger partial charge in [0.05, 0.1) is 74.8 Å². The molecule has 4 aliphatic rings. The molecule has 0 fully saturated rings. The molecule has 19 rings (SSSR count). The number of benzene rings is 5. The molecule has 136 heavy (non-hydrogen) atoms. The average Bonchev–Trinajstić information content (AvgIpc) is 1.48. The van der Waals surface area contributed by atoms with E-state index in [1.165, 1.54) is 67.6 Å². The molecule has 10 heterocycles. The van der Waals surface area contributed by atoms with E-state index in [9.17, 15) is 10.5 Å². The molecule has 0 saturated carbocycles. The predicted octanol–water partition coefficient (Wildman–Crippen LogP) is 38.1. The zero-order valence-corrected chi connectivity index (χ0v) is 87.0. The predicted molar refractivity (Wildman–Crippen MR) is 582 cm³/mol. The Kier molecular flexibility index (Phi) is 28.9. The van der Waals surface area contributed by atoms with Gasteiger partial charge in [-0.25, -0.2) is 29.0 Å². The molecule has 0 aliphatic heterocycles. The number of aryl methyl sites for hydroxylation is 4.